The van der Waals surface area contributed by atoms with Gasteiger partial charge in [-0.15, -0.1) is 0 Å². The van der Waals surface area contributed by atoms with E-state index in [9.17, 15) is 0 Å². The Labute approximate surface area is 151 Å². The number of fused-ring (bicyclic) bond motifs is 1. The summed E-state index contributed by atoms with van der Waals surface area (Å²) in [6.07, 6.45) is 2.77. The summed E-state index contributed by atoms with van der Waals surface area (Å²) in [6.45, 7) is 0.886. The van der Waals surface area contributed by atoms with Crippen LogP contribution in [0, 0.1) is 0 Å². The van der Waals surface area contributed by atoms with Crippen molar-refractivity contribution in [2.45, 2.75) is 6.42 Å². The van der Waals surface area contributed by atoms with Crippen molar-refractivity contribution in [3.8, 4) is 5.75 Å². The molecule has 5 nitrogen and oxygen atoms in total. The second-order valence-electron chi connectivity index (χ2n) is 5.75. The van der Waals surface area contributed by atoms with Crippen LogP contribution in [0.5, 0.6) is 5.75 Å². The van der Waals surface area contributed by atoms with E-state index in [4.69, 9.17) is 16.3 Å². The van der Waals surface area contributed by atoms with Gasteiger partial charge in [0.15, 0.2) is 0 Å². The molecule has 2 heterocycles. The fourth-order valence-electron chi connectivity index (χ4n) is 2.99. The first-order valence-corrected chi connectivity index (χ1v) is 8.41. The number of aromatic nitrogens is 2. The zero-order valence-electron chi connectivity index (χ0n) is 13.7. The average molecular weight is 353 g/mol. The van der Waals surface area contributed by atoms with Crippen molar-refractivity contribution in [3.05, 3.63) is 65.3 Å². The molecule has 0 aliphatic carbocycles. The molecule has 0 fully saturated rings. The van der Waals surface area contributed by atoms with Crippen molar-refractivity contribution < 1.29 is 4.74 Å². The Morgan fingerprint density at radius 1 is 1.16 bits per heavy atom. The van der Waals surface area contributed by atoms with Gasteiger partial charge in [-0.2, -0.15) is 4.98 Å². The lowest BCUT2D eigenvalue weighted by molar-refractivity contribution is 0.415. The van der Waals surface area contributed by atoms with Gasteiger partial charge < -0.3 is 15.0 Å². The van der Waals surface area contributed by atoms with Crippen LogP contribution < -0.4 is 15.0 Å². The molecule has 0 bridgehead atoms. The summed E-state index contributed by atoms with van der Waals surface area (Å²) in [5, 5.41) is 3.82. The second-order valence-corrected chi connectivity index (χ2v) is 6.15. The SMILES string of the molecule is COc1ccc(Nc2ccnc(N3CCc4ccccc43)n2)cc1Cl. The maximum Gasteiger partial charge on any atom is 0.231 e. The lowest BCUT2D eigenvalue weighted by atomic mass is 10.2. The Kier molecular flexibility index (Phi) is 4.15. The van der Waals surface area contributed by atoms with Crippen LogP contribution in [0.3, 0.4) is 0 Å². The van der Waals surface area contributed by atoms with Gasteiger partial charge in [0.1, 0.15) is 11.6 Å². The molecule has 0 amide bonds. The number of hydrogen-bond acceptors (Lipinski definition) is 5. The van der Waals surface area contributed by atoms with Gasteiger partial charge in [-0.3, -0.25) is 0 Å². The summed E-state index contributed by atoms with van der Waals surface area (Å²) in [5.74, 6) is 2.05. The number of nitrogens with one attached hydrogen (secondary N) is 1. The maximum atomic E-state index is 6.18. The Bertz CT molecular complexity index is 915. The van der Waals surface area contributed by atoms with E-state index in [2.05, 4.69) is 38.4 Å². The molecule has 0 atom stereocenters. The molecular formula is C19H17ClN4O. The van der Waals surface area contributed by atoms with E-state index in [1.807, 2.05) is 30.3 Å². The number of rotatable bonds is 4. The van der Waals surface area contributed by atoms with Gasteiger partial charge in [0, 0.05) is 24.1 Å². The molecule has 1 aromatic heterocycles. The predicted molar refractivity (Wildman–Crippen MR) is 100 cm³/mol. The number of hydrogen-bond donors (Lipinski definition) is 1. The van der Waals surface area contributed by atoms with Gasteiger partial charge in [0.25, 0.3) is 0 Å². The largest absolute Gasteiger partial charge is 0.495 e. The van der Waals surface area contributed by atoms with Gasteiger partial charge in [-0.05, 0) is 42.3 Å². The Hall–Kier alpha value is -2.79. The lowest BCUT2D eigenvalue weighted by Gasteiger charge is -2.18. The molecule has 0 saturated carbocycles. The molecule has 0 spiro atoms. The molecule has 25 heavy (non-hydrogen) atoms. The molecule has 2 aromatic carbocycles. The third-order valence-electron chi connectivity index (χ3n) is 4.20. The van der Waals surface area contributed by atoms with Crippen molar-refractivity contribution in [1.82, 2.24) is 9.97 Å². The van der Waals surface area contributed by atoms with E-state index in [-0.39, 0.29) is 0 Å². The minimum Gasteiger partial charge on any atom is -0.495 e. The fourth-order valence-corrected chi connectivity index (χ4v) is 3.24. The normalized spacial score (nSPS) is 12.8. The first kappa shape index (κ1) is 15.7. The lowest BCUT2D eigenvalue weighted by Crippen LogP contribution is -2.16. The first-order chi connectivity index (χ1) is 12.2. The molecule has 4 rings (SSSR count). The third kappa shape index (κ3) is 3.10. The molecule has 1 aliphatic rings. The highest BCUT2D eigenvalue weighted by atomic mass is 35.5. The van der Waals surface area contributed by atoms with Crippen molar-refractivity contribution in [3.63, 3.8) is 0 Å². The number of ether oxygens (including phenoxy) is 1. The van der Waals surface area contributed by atoms with Gasteiger partial charge in [-0.25, -0.2) is 4.98 Å². The molecular weight excluding hydrogens is 336 g/mol. The summed E-state index contributed by atoms with van der Waals surface area (Å²) in [6, 6.07) is 15.7. The second kappa shape index (κ2) is 6.61. The van der Waals surface area contributed by atoms with E-state index in [0.717, 1.165) is 24.5 Å². The highest BCUT2D eigenvalue weighted by molar-refractivity contribution is 6.32. The quantitative estimate of drug-likeness (QED) is 0.745. The first-order valence-electron chi connectivity index (χ1n) is 8.03. The van der Waals surface area contributed by atoms with E-state index in [0.29, 0.717) is 16.7 Å². The van der Waals surface area contributed by atoms with E-state index in [1.165, 1.54) is 11.3 Å². The molecule has 1 N–H and O–H groups in total. The minimum atomic E-state index is 0.551. The van der Waals surface area contributed by atoms with Crippen LogP contribution in [0.4, 0.5) is 23.1 Å². The van der Waals surface area contributed by atoms with Gasteiger partial charge >= 0.3 is 0 Å². The standard InChI is InChI=1S/C19H17ClN4O/c1-25-17-7-6-14(12-15(17)20)22-18-8-10-21-19(23-18)24-11-9-13-4-2-3-5-16(13)24/h2-8,10,12H,9,11H2,1H3,(H,21,22,23). The molecule has 0 radical (unpaired) electrons. The van der Waals surface area contributed by atoms with Crippen LogP contribution in [-0.4, -0.2) is 23.6 Å². The summed E-state index contributed by atoms with van der Waals surface area (Å²) >= 11 is 6.18. The van der Waals surface area contributed by atoms with Crippen molar-refractivity contribution in [2.75, 3.05) is 23.9 Å². The summed E-state index contributed by atoms with van der Waals surface area (Å²) in [7, 11) is 1.60. The van der Waals surface area contributed by atoms with Gasteiger partial charge in [-0.1, -0.05) is 29.8 Å². The summed E-state index contributed by atoms with van der Waals surface area (Å²) in [5.41, 5.74) is 3.34. The van der Waals surface area contributed by atoms with Crippen LogP contribution in [0.25, 0.3) is 0 Å². The molecule has 1 aliphatic heterocycles. The average Bonchev–Trinajstić information content (AvgIpc) is 3.06. The number of para-hydroxylation sites is 1. The third-order valence-corrected chi connectivity index (χ3v) is 4.49. The zero-order valence-corrected chi connectivity index (χ0v) is 14.5. The van der Waals surface area contributed by atoms with Crippen molar-refractivity contribution in [1.29, 1.82) is 0 Å². The Morgan fingerprint density at radius 3 is 2.88 bits per heavy atom. The van der Waals surface area contributed by atoms with Crippen LogP contribution in [0.2, 0.25) is 5.02 Å². The minimum absolute atomic E-state index is 0.551. The molecule has 0 unspecified atom stereocenters. The predicted octanol–water partition coefficient (Wildman–Crippen LogP) is 4.58. The number of nitrogens with zero attached hydrogens (tertiary/aromatic N) is 3. The van der Waals surface area contributed by atoms with Crippen molar-refractivity contribution >= 4 is 34.7 Å². The number of methoxy groups -OCH3 is 1. The highest BCUT2D eigenvalue weighted by Gasteiger charge is 2.21. The zero-order chi connectivity index (χ0) is 17.2. The number of benzene rings is 2. The highest BCUT2D eigenvalue weighted by Crippen LogP contribution is 2.33. The molecule has 126 valence electrons. The fraction of sp³-hybridized carbons (Fsp3) is 0.158. The Balaban J connectivity index is 1.59. The summed E-state index contributed by atoms with van der Waals surface area (Å²) < 4.78 is 5.18. The number of halogens is 1. The monoisotopic (exact) mass is 352 g/mol. The van der Waals surface area contributed by atoms with E-state index < -0.39 is 0 Å². The molecule has 3 aromatic rings. The molecule has 6 heteroatoms. The smallest absolute Gasteiger partial charge is 0.231 e. The van der Waals surface area contributed by atoms with Gasteiger partial charge in [0.2, 0.25) is 5.95 Å². The van der Waals surface area contributed by atoms with Crippen LogP contribution >= 0.6 is 11.6 Å². The number of anilines is 4. The Morgan fingerprint density at radius 2 is 2.04 bits per heavy atom. The van der Waals surface area contributed by atoms with Crippen LogP contribution in [0.1, 0.15) is 5.56 Å². The van der Waals surface area contributed by atoms with Crippen LogP contribution in [-0.2, 0) is 6.42 Å². The van der Waals surface area contributed by atoms with E-state index in [1.54, 1.807) is 13.3 Å². The van der Waals surface area contributed by atoms with Crippen molar-refractivity contribution in [2.24, 2.45) is 0 Å². The van der Waals surface area contributed by atoms with Crippen LogP contribution in [0.15, 0.2) is 54.7 Å². The summed E-state index contributed by atoms with van der Waals surface area (Å²) in [4.78, 5) is 11.2. The topological polar surface area (TPSA) is 50.3 Å². The molecule has 0 saturated heterocycles. The van der Waals surface area contributed by atoms with Gasteiger partial charge in [0.05, 0.1) is 12.1 Å². The van der Waals surface area contributed by atoms with E-state index >= 15 is 0 Å². The maximum absolute atomic E-state index is 6.18.